The Morgan fingerprint density at radius 1 is 1.41 bits per heavy atom. The second kappa shape index (κ2) is 6.00. The van der Waals surface area contributed by atoms with Crippen LogP contribution in [0.5, 0.6) is 0 Å². The molecule has 1 aliphatic carbocycles. The Hall–Kier alpha value is -1.10. The largest absolute Gasteiger partial charge is 0.452 e. The lowest BCUT2D eigenvalue weighted by Gasteiger charge is -2.22. The van der Waals surface area contributed by atoms with Gasteiger partial charge in [-0.3, -0.25) is 4.79 Å². The summed E-state index contributed by atoms with van der Waals surface area (Å²) < 4.78 is 11.1. The van der Waals surface area contributed by atoms with E-state index in [1.54, 1.807) is 0 Å². The van der Waals surface area contributed by atoms with Crippen LogP contribution >= 0.6 is 0 Å². The van der Waals surface area contributed by atoms with E-state index in [-0.39, 0.29) is 18.6 Å². The highest BCUT2D eigenvalue weighted by atomic mass is 16.7. The third kappa shape index (κ3) is 3.43. The molecule has 0 aromatic rings. The normalized spacial score (nSPS) is 25.6. The summed E-state index contributed by atoms with van der Waals surface area (Å²) in [6.45, 7) is 2.27. The molecule has 0 radical (unpaired) electrons. The summed E-state index contributed by atoms with van der Waals surface area (Å²) in [5.74, 6) is 0.655. The summed E-state index contributed by atoms with van der Waals surface area (Å²) in [6.07, 6.45) is 6.41. The molecule has 0 aromatic carbocycles. The zero-order valence-corrected chi connectivity index (χ0v) is 10.3. The summed E-state index contributed by atoms with van der Waals surface area (Å²) in [7, 11) is 0. The summed E-state index contributed by atoms with van der Waals surface area (Å²) in [5, 5.41) is 3.94. The van der Waals surface area contributed by atoms with Gasteiger partial charge in [0.25, 0.3) is 0 Å². The van der Waals surface area contributed by atoms with Crippen molar-refractivity contribution in [2.75, 3.05) is 6.79 Å². The van der Waals surface area contributed by atoms with Crippen LogP contribution in [0.3, 0.4) is 0 Å². The molecule has 1 fully saturated rings. The van der Waals surface area contributed by atoms with Gasteiger partial charge in [0.1, 0.15) is 0 Å². The molecule has 2 rings (SSSR count). The maximum Gasteiger partial charge on any atom is 0.240 e. The third-order valence-corrected chi connectivity index (χ3v) is 3.38. The first-order valence-corrected chi connectivity index (χ1v) is 6.40. The summed E-state index contributed by atoms with van der Waals surface area (Å²) in [6, 6.07) is 0. The van der Waals surface area contributed by atoms with Crippen LogP contribution in [-0.2, 0) is 14.3 Å². The first kappa shape index (κ1) is 12.4. The van der Waals surface area contributed by atoms with Crippen LogP contribution in [0.1, 0.15) is 45.4 Å². The van der Waals surface area contributed by atoms with E-state index >= 15 is 0 Å². The van der Waals surface area contributed by atoms with E-state index in [4.69, 9.17) is 9.47 Å². The second-order valence-corrected chi connectivity index (χ2v) is 4.63. The molecule has 1 saturated carbocycles. The lowest BCUT2D eigenvalue weighted by molar-refractivity contribution is -0.122. The summed E-state index contributed by atoms with van der Waals surface area (Å²) in [4.78, 5) is 11.2. The van der Waals surface area contributed by atoms with Gasteiger partial charge in [0.15, 0.2) is 6.79 Å². The molecule has 5 nitrogen and oxygen atoms in total. The highest BCUT2D eigenvalue weighted by molar-refractivity contribution is 5.89. The number of ether oxygens (including phenoxy) is 2. The molecule has 0 saturated heterocycles. The smallest absolute Gasteiger partial charge is 0.240 e. The van der Waals surface area contributed by atoms with E-state index in [2.05, 4.69) is 10.5 Å². The maximum atomic E-state index is 11.2. The van der Waals surface area contributed by atoms with Gasteiger partial charge in [-0.25, -0.2) is 5.43 Å². The van der Waals surface area contributed by atoms with Crippen LogP contribution in [0.25, 0.3) is 0 Å². The fourth-order valence-corrected chi connectivity index (χ4v) is 2.28. The average molecular weight is 240 g/mol. The van der Waals surface area contributed by atoms with Gasteiger partial charge in [-0.2, -0.15) is 0 Å². The quantitative estimate of drug-likeness (QED) is 0.762. The van der Waals surface area contributed by atoms with Crippen molar-refractivity contribution in [3.05, 3.63) is 0 Å². The van der Waals surface area contributed by atoms with Crippen LogP contribution in [0.15, 0.2) is 5.10 Å². The Kier molecular flexibility index (Phi) is 4.36. The van der Waals surface area contributed by atoms with Crippen LogP contribution in [0.4, 0.5) is 0 Å². The van der Waals surface area contributed by atoms with Gasteiger partial charge >= 0.3 is 0 Å². The van der Waals surface area contributed by atoms with E-state index in [0.29, 0.717) is 18.4 Å². The number of hydrogen-bond donors (Lipinski definition) is 1. The van der Waals surface area contributed by atoms with Crippen molar-refractivity contribution in [2.45, 2.75) is 51.6 Å². The Labute approximate surface area is 102 Å². The Balaban J connectivity index is 1.75. The van der Waals surface area contributed by atoms with Gasteiger partial charge in [-0.15, -0.1) is 5.10 Å². The molecule has 0 bridgehead atoms. The van der Waals surface area contributed by atoms with E-state index in [1.165, 1.54) is 12.8 Å². The Morgan fingerprint density at radius 3 is 2.88 bits per heavy atom. The van der Waals surface area contributed by atoms with Gasteiger partial charge in [0.05, 0.1) is 6.10 Å². The van der Waals surface area contributed by atoms with Gasteiger partial charge in [0, 0.05) is 12.3 Å². The molecule has 1 aliphatic heterocycles. The zero-order valence-electron chi connectivity index (χ0n) is 10.3. The number of hydrazone groups is 1. The Bertz CT molecular complexity index is 298. The van der Waals surface area contributed by atoms with Crippen molar-refractivity contribution in [1.82, 2.24) is 5.43 Å². The summed E-state index contributed by atoms with van der Waals surface area (Å²) in [5.41, 5.74) is 2.44. The fourth-order valence-electron chi connectivity index (χ4n) is 2.28. The van der Waals surface area contributed by atoms with Crippen molar-refractivity contribution in [2.24, 2.45) is 11.0 Å². The van der Waals surface area contributed by atoms with Crippen molar-refractivity contribution >= 4 is 11.8 Å². The minimum absolute atomic E-state index is 0.0408. The van der Waals surface area contributed by atoms with Crippen molar-refractivity contribution in [1.29, 1.82) is 0 Å². The number of hydrogen-bond acceptors (Lipinski definition) is 4. The lowest BCUT2D eigenvalue weighted by Crippen LogP contribution is -2.34. The number of nitrogens with zero attached hydrogens (tertiary/aromatic N) is 1. The van der Waals surface area contributed by atoms with Crippen molar-refractivity contribution < 1.29 is 14.3 Å². The molecule has 17 heavy (non-hydrogen) atoms. The molecule has 1 N–H and O–H groups in total. The monoisotopic (exact) mass is 240 g/mol. The first-order chi connectivity index (χ1) is 8.29. The minimum Gasteiger partial charge on any atom is -0.452 e. The highest BCUT2D eigenvalue weighted by Crippen LogP contribution is 2.21. The first-order valence-electron chi connectivity index (χ1n) is 6.40. The van der Waals surface area contributed by atoms with Gasteiger partial charge < -0.3 is 9.47 Å². The number of nitrogens with one attached hydrogen (secondary N) is 1. The summed E-state index contributed by atoms with van der Waals surface area (Å²) >= 11 is 0. The predicted octanol–water partition coefficient (Wildman–Crippen LogP) is 1.78. The molecule has 2 aliphatic rings. The van der Waals surface area contributed by atoms with Gasteiger partial charge in [0.2, 0.25) is 11.8 Å². The molecule has 1 heterocycles. The molecule has 96 valence electrons. The maximum absolute atomic E-state index is 11.2. The number of amides is 1. The molecule has 1 amide bonds. The van der Waals surface area contributed by atoms with E-state index < -0.39 is 0 Å². The zero-order chi connectivity index (χ0) is 12.1. The second-order valence-electron chi connectivity index (χ2n) is 4.63. The fraction of sp³-hybridized carbons (Fsp3) is 0.833. The van der Waals surface area contributed by atoms with Gasteiger partial charge in [-0.1, -0.05) is 19.8 Å². The third-order valence-electron chi connectivity index (χ3n) is 3.38. The number of carbonyl (C=O) groups is 1. The van der Waals surface area contributed by atoms with Crippen LogP contribution in [0.2, 0.25) is 0 Å². The molecule has 1 atom stereocenters. The van der Waals surface area contributed by atoms with Crippen LogP contribution < -0.4 is 5.43 Å². The number of carbonyl (C=O) groups excluding carboxylic acids is 1. The molecule has 1 unspecified atom stereocenters. The Morgan fingerprint density at radius 2 is 2.18 bits per heavy atom. The molecular weight excluding hydrogens is 220 g/mol. The van der Waals surface area contributed by atoms with Crippen molar-refractivity contribution in [3.63, 3.8) is 0 Å². The molecular formula is C12H20N2O3. The van der Waals surface area contributed by atoms with Crippen LogP contribution in [-0.4, -0.2) is 24.7 Å². The standard InChI is InChI=1S/C12H20N2O3/c1-2-9-7-11(15)13-14-12(9)17-8-16-10-5-3-4-6-10/h9-10H,2-8H2,1H3,(H,13,15). The molecule has 5 heteroatoms. The molecule has 0 aromatic heterocycles. The van der Waals surface area contributed by atoms with Crippen LogP contribution in [0, 0.1) is 5.92 Å². The van der Waals surface area contributed by atoms with E-state index in [0.717, 1.165) is 19.3 Å². The molecule has 0 spiro atoms. The van der Waals surface area contributed by atoms with Crippen molar-refractivity contribution in [3.8, 4) is 0 Å². The highest BCUT2D eigenvalue weighted by Gasteiger charge is 2.24. The minimum atomic E-state index is -0.0408. The lowest BCUT2D eigenvalue weighted by atomic mass is 10.0. The topological polar surface area (TPSA) is 59.9 Å². The SMILES string of the molecule is CCC1CC(=O)NN=C1OCOC1CCCC1. The number of rotatable bonds is 4. The predicted molar refractivity (Wildman–Crippen MR) is 63.3 cm³/mol. The van der Waals surface area contributed by atoms with E-state index in [1.807, 2.05) is 6.92 Å². The van der Waals surface area contributed by atoms with Gasteiger partial charge in [-0.05, 0) is 19.3 Å². The average Bonchev–Trinajstić information content (AvgIpc) is 2.84. The van der Waals surface area contributed by atoms with E-state index in [9.17, 15) is 4.79 Å².